The number of allylic oxidation sites excluding steroid dienone is 3. The number of cyclic esters (lactones) is 3. The van der Waals surface area contributed by atoms with Crippen LogP contribution in [0.25, 0.3) is 51.6 Å². The molecule has 3 aromatic heterocycles. The van der Waals surface area contributed by atoms with Crippen molar-refractivity contribution in [1.82, 2.24) is 30.9 Å². The third-order valence-electron chi connectivity index (χ3n) is 24.5. The van der Waals surface area contributed by atoms with Crippen LogP contribution in [0, 0.1) is 106 Å². The summed E-state index contributed by atoms with van der Waals surface area (Å²) in [5, 5.41) is 9.00. The first-order valence-corrected chi connectivity index (χ1v) is 38.9. The molecule has 9 fully saturated rings. The Morgan fingerprint density at radius 2 is 0.694 bits per heavy atom. The van der Waals surface area contributed by atoms with Gasteiger partial charge in [0.05, 0.1) is 54.7 Å². The monoisotopic (exact) mass is 1480 g/mol. The number of ether oxygens (including phenoxy) is 6. The quantitative estimate of drug-likeness (QED) is 0.0641. The van der Waals surface area contributed by atoms with E-state index in [1.807, 2.05) is 93.6 Å². The van der Waals surface area contributed by atoms with Crippen molar-refractivity contribution in [3.8, 4) is 33.4 Å². The molecule has 108 heavy (non-hydrogen) atoms. The Kier molecular flexibility index (Phi) is 24.6. The molecule has 3 N–H and O–H groups in total. The number of amides is 3. The van der Waals surface area contributed by atoms with Crippen LogP contribution in [0.2, 0.25) is 0 Å². The summed E-state index contributed by atoms with van der Waals surface area (Å²) in [6.45, 7) is 12.5. The minimum atomic E-state index is -0.368. The Hall–Kier alpha value is -9.66. The molecule has 9 aliphatic rings. The van der Waals surface area contributed by atoms with Crippen LogP contribution < -0.4 is 16.0 Å². The molecule has 0 spiro atoms. The predicted octanol–water partition coefficient (Wildman–Crippen LogP) is 16.9. The lowest BCUT2D eigenvalue weighted by Crippen LogP contribution is -2.48. The fourth-order valence-electron chi connectivity index (χ4n) is 19.9. The van der Waals surface area contributed by atoms with Gasteiger partial charge in [0.2, 0.25) is 0 Å². The maximum absolute atomic E-state index is 13.6. The Bertz CT molecular complexity index is 3830. The molecule has 0 unspecified atom stereocenters. The SMILES string of the molecule is CCOC(=O)N[C@@H]1CC[C@@H]2[C@@H](C1)C[C@@H]1C(=O)O[C@@H](C)[C@@H]1[C@@H]2/C=C/c1ccc(-c2cccc(F)c2)cn1.CCOC(=O)N[C@@H]1CC[C@H]2[C@@H](C1)C[C@H]1C(=O)O[C@@H](C)[C@H]1[C@H]2/C=C/c1ccc(-c2cccc(F)c2)cn1.CCOC(=O)N[C@@H]1CC[C@H]2[C@@H](C1)C[C@H]1C(=O)O[C@H](C)[C@@H]1[C@@H]2/C=C/c1ccc(-c2cccc(F)c2)cn1. The first-order chi connectivity index (χ1) is 52.3. The predicted molar refractivity (Wildman–Crippen MR) is 402 cm³/mol. The summed E-state index contributed by atoms with van der Waals surface area (Å²) in [7, 11) is 0. The summed E-state index contributed by atoms with van der Waals surface area (Å²) >= 11 is 0. The number of carbonyl (C=O) groups is 6. The highest BCUT2D eigenvalue weighted by Gasteiger charge is 2.58. The van der Waals surface area contributed by atoms with E-state index in [1.54, 1.807) is 57.6 Å². The van der Waals surface area contributed by atoms with E-state index in [-0.39, 0.29) is 143 Å². The van der Waals surface area contributed by atoms with Crippen LogP contribution in [-0.2, 0) is 42.8 Å². The van der Waals surface area contributed by atoms with E-state index >= 15 is 0 Å². The number of halogens is 3. The van der Waals surface area contributed by atoms with Crippen LogP contribution >= 0.6 is 0 Å². The van der Waals surface area contributed by atoms with Gasteiger partial charge in [0.1, 0.15) is 35.8 Å². The molecule has 570 valence electrons. The fourth-order valence-corrected chi connectivity index (χ4v) is 19.9. The average molecular weight is 1480 g/mol. The van der Waals surface area contributed by atoms with Crippen molar-refractivity contribution in [2.75, 3.05) is 19.8 Å². The van der Waals surface area contributed by atoms with Gasteiger partial charge in [-0.25, -0.2) is 27.6 Å². The van der Waals surface area contributed by atoms with Crippen molar-refractivity contribution in [2.45, 2.75) is 155 Å². The number of fused-ring (bicyclic) bond motifs is 6. The van der Waals surface area contributed by atoms with Crippen molar-refractivity contribution in [1.29, 1.82) is 0 Å². The van der Waals surface area contributed by atoms with Crippen molar-refractivity contribution < 1.29 is 70.4 Å². The summed E-state index contributed by atoms with van der Waals surface area (Å²) < 4.78 is 73.0. The van der Waals surface area contributed by atoms with Gasteiger partial charge in [-0.1, -0.05) is 72.8 Å². The topological polar surface area (TPSA) is 233 Å². The van der Waals surface area contributed by atoms with E-state index in [1.165, 1.54) is 36.4 Å². The fraction of sp³-hybridized carbons (Fsp3) is 0.483. The van der Waals surface area contributed by atoms with E-state index < -0.39 is 0 Å². The molecule has 6 aliphatic carbocycles. The number of nitrogens with zero attached hydrogens (tertiary/aromatic N) is 3. The van der Waals surface area contributed by atoms with Crippen molar-refractivity contribution in [3.63, 3.8) is 0 Å². The molecule has 21 atom stereocenters. The van der Waals surface area contributed by atoms with Gasteiger partial charge in [0.15, 0.2) is 0 Å². The van der Waals surface area contributed by atoms with E-state index in [0.29, 0.717) is 55.3 Å². The molecule has 0 bridgehead atoms. The lowest BCUT2D eigenvalue weighted by molar-refractivity contribution is -0.145. The first-order valence-electron chi connectivity index (χ1n) is 38.9. The zero-order valence-corrected chi connectivity index (χ0v) is 62.2. The molecule has 0 radical (unpaired) electrons. The largest absolute Gasteiger partial charge is 0.462 e. The lowest BCUT2D eigenvalue weighted by Gasteiger charge is -2.47. The summed E-state index contributed by atoms with van der Waals surface area (Å²) in [4.78, 5) is 87.7. The minimum absolute atomic E-state index is 0.0679. The molecule has 18 nitrogen and oxygen atoms in total. The van der Waals surface area contributed by atoms with Crippen molar-refractivity contribution in [3.05, 3.63) is 181 Å². The van der Waals surface area contributed by atoms with Crippen LogP contribution in [0.1, 0.15) is 136 Å². The minimum Gasteiger partial charge on any atom is -0.462 e. The summed E-state index contributed by atoms with van der Waals surface area (Å²) in [6.07, 6.45) is 27.2. The van der Waals surface area contributed by atoms with Crippen LogP contribution in [0.15, 0.2) is 146 Å². The average Bonchev–Trinajstić information content (AvgIpc) is 1.54. The Balaban J connectivity index is 0.000000143. The smallest absolute Gasteiger partial charge is 0.407 e. The lowest BCUT2D eigenvalue weighted by atomic mass is 9.57. The molecule has 15 rings (SSSR count). The van der Waals surface area contributed by atoms with Gasteiger partial charge in [-0.2, -0.15) is 0 Å². The zero-order chi connectivity index (χ0) is 75.7. The van der Waals surface area contributed by atoms with E-state index in [9.17, 15) is 41.9 Å². The first kappa shape index (κ1) is 76.5. The van der Waals surface area contributed by atoms with Crippen molar-refractivity contribution >= 4 is 54.4 Å². The molecular formula is C87H99F3N6O12. The number of alkyl carbamates (subject to hydrolysis) is 3. The zero-order valence-electron chi connectivity index (χ0n) is 62.2. The third kappa shape index (κ3) is 17.9. The Morgan fingerprint density at radius 3 is 0.944 bits per heavy atom. The number of benzene rings is 3. The molecule has 3 saturated heterocycles. The molecule has 3 amide bonds. The Morgan fingerprint density at radius 1 is 0.407 bits per heavy atom. The van der Waals surface area contributed by atoms with Gasteiger partial charge in [-0.15, -0.1) is 0 Å². The number of hydrogen-bond donors (Lipinski definition) is 3. The summed E-state index contributed by atoms with van der Waals surface area (Å²) in [6, 6.07) is 31.3. The number of esters is 3. The number of rotatable bonds is 15. The second-order valence-electron chi connectivity index (χ2n) is 30.8. The standard InChI is InChI=1S/3C29H33FN2O4/c3*1-3-35-29(34)32-23-10-11-24-20(14-23)15-26-27(17(2)36-28(26)33)25(24)12-9-22-8-7-19(16-31-22)18-5-4-6-21(30)13-18/h3*4-9,12-13,16-17,20,23-27H,3,10-11,14-15H2,1-2H3,(H,32,34)/b3*12-9+/t17-,20+,23-,24+,25-,26-,27-;17-,20-,23+,24+,25+,26-,27+;17-,20-,23+,24-,25-,26+,27-/m100/s1. The maximum Gasteiger partial charge on any atom is 0.407 e. The van der Waals surface area contributed by atoms with Gasteiger partial charge in [-0.05, 0) is 261 Å². The normalized spacial score (nSPS) is 31.4. The highest BCUT2D eigenvalue weighted by atomic mass is 19.1. The van der Waals surface area contributed by atoms with E-state index in [4.69, 9.17) is 28.4 Å². The van der Waals surface area contributed by atoms with Crippen LogP contribution in [0.4, 0.5) is 27.6 Å². The van der Waals surface area contributed by atoms with Gasteiger partial charge in [0, 0.05) is 71.2 Å². The highest BCUT2D eigenvalue weighted by molar-refractivity contribution is 5.78. The maximum atomic E-state index is 13.6. The Labute approximate surface area is 630 Å². The second-order valence-corrected chi connectivity index (χ2v) is 30.8. The molecular weight excluding hydrogens is 1380 g/mol. The molecule has 3 aromatic carbocycles. The highest BCUT2D eigenvalue weighted by Crippen LogP contribution is 2.57. The summed E-state index contributed by atoms with van der Waals surface area (Å²) in [5.41, 5.74) is 7.43. The van der Waals surface area contributed by atoms with Crippen molar-refractivity contribution in [2.24, 2.45) is 88.8 Å². The van der Waals surface area contributed by atoms with Crippen LogP contribution in [0.5, 0.6) is 0 Å². The number of carbonyl (C=O) groups excluding carboxylic acids is 6. The molecule has 6 saturated carbocycles. The van der Waals surface area contributed by atoms with E-state index in [2.05, 4.69) is 49.1 Å². The van der Waals surface area contributed by atoms with Crippen LogP contribution in [-0.4, -0.2) is 107 Å². The van der Waals surface area contributed by atoms with Gasteiger partial charge >= 0.3 is 36.2 Å². The molecule has 3 aliphatic heterocycles. The van der Waals surface area contributed by atoms with Crippen LogP contribution in [0.3, 0.4) is 0 Å². The van der Waals surface area contributed by atoms with Gasteiger partial charge in [0.25, 0.3) is 0 Å². The number of aromatic nitrogens is 3. The van der Waals surface area contributed by atoms with Gasteiger partial charge < -0.3 is 44.4 Å². The van der Waals surface area contributed by atoms with E-state index in [0.717, 1.165) is 128 Å². The van der Waals surface area contributed by atoms with Gasteiger partial charge in [-0.3, -0.25) is 29.3 Å². The molecule has 6 heterocycles. The molecule has 21 heteroatoms. The number of nitrogens with one attached hydrogen (secondary N) is 3. The summed E-state index contributed by atoms with van der Waals surface area (Å²) in [5.74, 6) is 1.89. The third-order valence-corrected chi connectivity index (χ3v) is 24.5. The number of hydrogen-bond acceptors (Lipinski definition) is 15. The second kappa shape index (κ2) is 34.7. The number of pyridine rings is 3. The molecule has 6 aromatic rings.